The van der Waals surface area contributed by atoms with Crippen LogP contribution in [0.15, 0.2) is 12.1 Å². The molecule has 21 heavy (non-hydrogen) atoms. The number of carbonyl (C=O) groups is 2. The molecule has 0 saturated heterocycles. The van der Waals surface area contributed by atoms with Gasteiger partial charge in [0.05, 0.1) is 10.3 Å². The zero-order valence-electron chi connectivity index (χ0n) is 11.1. The molecule has 7 heteroatoms. The largest absolute Gasteiger partial charge is 0.506 e. The summed E-state index contributed by atoms with van der Waals surface area (Å²) in [6.45, 7) is 2.00. The predicted octanol–water partition coefficient (Wildman–Crippen LogP) is 2.95. The Morgan fingerprint density at radius 2 is 2.14 bits per heavy atom. The van der Waals surface area contributed by atoms with Crippen molar-refractivity contribution in [1.29, 1.82) is 0 Å². The van der Waals surface area contributed by atoms with E-state index in [1.54, 1.807) is 6.07 Å². The second-order valence-electron chi connectivity index (χ2n) is 5.25. The van der Waals surface area contributed by atoms with Crippen LogP contribution in [0.5, 0.6) is 5.75 Å². The van der Waals surface area contributed by atoms with E-state index in [0.29, 0.717) is 21.0 Å². The highest BCUT2D eigenvalue weighted by Crippen LogP contribution is 2.44. The van der Waals surface area contributed by atoms with Crippen LogP contribution in [-0.2, 0) is 4.79 Å². The number of thiophene rings is 1. The zero-order chi connectivity index (χ0) is 15.3. The van der Waals surface area contributed by atoms with Crippen molar-refractivity contribution < 1.29 is 14.7 Å². The molecule has 2 amide bonds. The minimum atomic E-state index is -0.637. The van der Waals surface area contributed by atoms with Gasteiger partial charge in [-0.2, -0.15) is 0 Å². The molecular formula is C14H13ClN2O3S. The van der Waals surface area contributed by atoms with Gasteiger partial charge < -0.3 is 16.2 Å². The van der Waals surface area contributed by atoms with Crippen LogP contribution in [0.25, 0.3) is 10.1 Å². The molecule has 0 radical (unpaired) electrons. The summed E-state index contributed by atoms with van der Waals surface area (Å²) >= 11 is 7.19. The third kappa shape index (κ3) is 2.34. The Bertz CT molecular complexity index is 771. The number of fused-ring (bicyclic) bond motifs is 1. The number of nitrogens with one attached hydrogen (secondary N) is 1. The standard InChI is InChI=1S/C14H13ClN2O3S/c1-5-4-7(5)13(20)17-14-9(12(16)19)6-2-3-8(18)10(15)11(6)21-14/h2-3,5,7,18H,4H2,1H3,(H2,16,19)(H,17,20). The lowest BCUT2D eigenvalue weighted by Crippen LogP contribution is -2.18. The summed E-state index contributed by atoms with van der Waals surface area (Å²) in [4.78, 5) is 23.7. The van der Waals surface area contributed by atoms with Crippen LogP contribution in [0.1, 0.15) is 23.7 Å². The average Bonchev–Trinajstić information content (AvgIpc) is 3.02. The second-order valence-corrected chi connectivity index (χ2v) is 6.65. The van der Waals surface area contributed by atoms with Gasteiger partial charge in [0.1, 0.15) is 15.8 Å². The van der Waals surface area contributed by atoms with Crippen LogP contribution in [0.3, 0.4) is 0 Å². The SMILES string of the molecule is CC1CC1C(=O)Nc1sc2c(Cl)c(O)ccc2c1C(N)=O. The molecular weight excluding hydrogens is 312 g/mol. The van der Waals surface area contributed by atoms with Gasteiger partial charge in [-0.3, -0.25) is 9.59 Å². The maximum atomic E-state index is 12.0. The minimum absolute atomic E-state index is 0.0141. The van der Waals surface area contributed by atoms with Crippen LogP contribution in [0.2, 0.25) is 5.02 Å². The van der Waals surface area contributed by atoms with Crippen LogP contribution in [-0.4, -0.2) is 16.9 Å². The van der Waals surface area contributed by atoms with E-state index in [2.05, 4.69) is 5.32 Å². The van der Waals surface area contributed by atoms with Crippen LogP contribution in [0.4, 0.5) is 5.00 Å². The number of aromatic hydroxyl groups is 1. The highest BCUT2D eigenvalue weighted by atomic mass is 35.5. The van der Waals surface area contributed by atoms with Gasteiger partial charge in [-0.15, -0.1) is 11.3 Å². The minimum Gasteiger partial charge on any atom is -0.506 e. The highest BCUT2D eigenvalue weighted by Gasteiger charge is 2.39. The first-order chi connectivity index (χ1) is 9.90. The first-order valence-corrected chi connectivity index (χ1v) is 7.64. The zero-order valence-corrected chi connectivity index (χ0v) is 12.7. The Hall–Kier alpha value is -1.79. The Balaban J connectivity index is 2.08. The Morgan fingerprint density at radius 1 is 1.48 bits per heavy atom. The lowest BCUT2D eigenvalue weighted by atomic mass is 10.1. The van der Waals surface area contributed by atoms with E-state index in [4.69, 9.17) is 17.3 Å². The molecule has 1 aliphatic rings. The van der Waals surface area contributed by atoms with Crippen LogP contribution >= 0.6 is 22.9 Å². The monoisotopic (exact) mass is 324 g/mol. The Labute approximate surface area is 129 Å². The van der Waals surface area contributed by atoms with E-state index < -0.39 is 5.91 Å². The number of anilines is 1. The van der Waals surface area contributed by atoms with Gasteiger partial charge in [-0.05, 0) is 24.5 Å². The van der Waals surface area contributed by atoms with Gasteiger partial charge in [0.2, 0.25) is 5.91 Å². The van der Waals surface area contributed by atoms with E-state index >= 15 is 0 Å². The van der Waals surface area contributed by atoms with Crippen molar-refractivity contribution in [3.8, 4) is 5.75 Å². The quantitative estimate of drug-likeness (QED) is 0.810. The van der Waals surface area contributed by atoms with Crippen molar-refractivity contribution in [3.63, 3.8) is 0 Å². The van der Waals surface area contributed by atoms with Crippen molar-refractivity contribution >= 4 is 49.8 Å². The number of hydrogen-bond donors (Lipinski definition) is 3. The number of phenols is 1. The van der Waals surface area contributed by atoms with E-state index in [1.165, 1.54) is 6.07 Å². The van der Waals surface area contributed by atoms with Crippen LogP contribution in [0, 0.1) is 11.8 Å². The Kier molecular flexibility index (Phi) is 3.30. The molecule has 2 atom stereocenters. The molecule has 0 aliphatic heterocycles. The highest BCUT2D eigenvalue weighted by molar-refractivity contribution is 7.24. The molecule has 1 aromatic heterocycles. The molecule has 0 bridgehead atoms. The summed E-state index contributed by atoms with van der Waals surface area (Å²) in [5.41, 5.74) is 5.65. The van der Waals surface area contributed by atoms with E-state index in [-0.39, 0.29) is 28.2 Å². The number of primary amides is 1. The molecule has 1 heterocycles. The summed E-state index contributed by atoms with van der Waals surface area (Å²) in [7, 11) is 0. The van der Waals surface area contributed by atoms with Gasteiger partial charge in [-0.1, -0.05) is 18.5 Å². The second kappa shape index (κ2) is 4.89. The maximum absolute atomic E-state index is 12.0. The summed E-state index contributed by atoms with van der Waals surface area (Å²) in [5.74, 6) is -0.474. The van der Waals surface area contributed by atoms with Gasteiger partial charge in [0.15, 0.2) is 0 Å². The number of phenolic OH excluding ortho intramolecular Hbond substituents is 1. The van der Waals surface area contributed by atoms with E-state index in [1.807, 2.05) is 6.92 Å². The molecule has 1 aromatic carbocycles. The molecule has 110 valence electrons. The summed E-state index contributed by atoms with van der Waals surface area (Å²) in [5, 5.41) is 13.5. The molecule has 2 unspecified atom stereocenters. The fourth-order valence-electron chi connectivity index (χ4n) is 2.34. The summed E-state index contributed by atoms with van der Waals surface area (Å²) in [6.07, 6.45) is 0.851. The molecule has 1 saturated carbocycles. The molecule has 2 aromatic rings. The van der Waals surface area contributed by atoms with Crippen molar-refractivity contribution in [3.05, 3.63) is 22.7 Å². The van der Waals surface area contributed by atoms with Crippen molar-refractivity contribution in [1.82, 2.24) is 0 Å². The van der Waals surface area contributed by atoms with Crippen molar-refractivity contribution in [2.75, 3.05) is 5.32 Å². The van der Waals surface area contributed by atoms with Gasteiger partial charge in [-0.25, -0.2) is 0 Å². The number of amides is 2. The number of rotatable bonds is 3. The average molecular weight is 325 g/mol. The molecule has 1 fully saturated rings. The lowest BCUT2D eigenvalue weighted by molar-refractivity contribution is -0.117. The van der Waals surface area contributed by atoms with E-state index in [0.717, 1.165) is 17.8 Å². The number of carbonyl (C=O) groups excluding carboxylic acids is 2. The topological polar surface area (TPSA) is 92.4 Å². The van der Waals surface area contributed by atoms with E-state index in [9.17, 15) is 14.7 Å². The molecule has 4 N–H and O–H groups in total. The van der Waals surface area contributed by atoms with Gasteiger partial charge in [0.25, 0.3) is 5.91 Å². The van der Waals surface area contributed by atoms with Crippen LogP contribution < -0.4 is 11.1 Å². The van der Waals surface area contributed by atoms with Crippen molar-refractivity contribution in [2.24, 2.45) is 17.6 Å². The summed E-state index contributed by atoms with van der Waals surface area (Å²) in [6, 6.07) is 2.97. The first kappa shape index (κ1) is 14.2. The molecule has 1 aliphatic carbocycles. The number of hydrogen-bond acceptors (Lipinski definition) is 4. The lowest BCUT2D eigenvalue weighted by Gasteiger charge is -2.03. The fraction of sp³-hybridized carbons (Fsp3) is 0.286. The molecule has 5 nitrogen and oxygen atoms in total. The number of nitrogens with two attached hydrogens (primary N) is 1. The first-order valence-electron chi connectivity index (χ1n) is 6.44. The molecule has 0 spiro atoms. The van der Waals surface area contributed by atoms with Gasteiger partial charge in [0, 0.05) is 11.3 Å². The fourth-order valence-corrected chi connectivity index (χ4v) is 3.77. The van der Waals surface area contributed by atoms with Crippen molar-refractivity contribution in [2.45, 2.75) is 13.3 Å². The smallest absolute Gasteiger partial charge is 0.252 e. The molecule has 3 rings (SSSR count). The number of halogens is 1. The normalized spacial score (nSPS) is 20.5. The third-order valence-electron chi connectivity index (χ3n) is 3.71. The maximum Gasteiger partial charge on any atom is 0.252 e. The number of benzene rings is 1. The third-order valence-corrected chi connectivity index (χ3v) is 5.34. The van der Waals surface area contributed by atoms with Gasteiger partial charge >= 0.3 is 0 Å². The summed E-state index contributed by atoms with van der Waals surface area (Å²) < 4.78 is 0.532. The Morgan fingerprint density at radius 3 is 2.71 bits per heavy atom. The predicted molar refractivity (Wildman–Crippen MR) is 82.9 cm³/mol.